The molecule has 0 bridgehead atoms. The number of aryl methyl sites for hydroxylation is 1. The highest BCUT2D eigenvalue weighted by Crippen LogP contribution is 2.29. The van der Waals surface area contributed by atoms with Crippen LogP contribution in [-0.2, 0) is 0 Å². The van der Waals surface area contributed by atoms with E-state index in [2.05, 4.69) is 21.2 Å². The van der Waals surface area contributed by atoms with Crippen LogP contribution in [0.1, 0.15) is 15.9 Å². The van der Waals surface area contributed by atoms with Crippen molar-refractivity contribution in [1.29, 1.82) is 0 Å². The van der Waals surface area contributed by atoms with Gasteiger partial charge in [-0.3, -0.25) is 4.79 Å². The standard InChI is InChI=1S/C14H12BrFN2O2/c1-7-4-10(15)12(6-11(7)17)18-14(20)9-5-8(16)2-3-13(9)19/h2-6,19H,17H2,1H3,(H,18,20). The lowest BCUT2D eigenvalue weighted by molar-refractivity contribution is 0.102. The number of hydrogen-bond acceptors (Lipinski definition) is 3. The molecule has 0 unspecified atom stereocenters. The fourth-order valence-electron chi connectivity index (χ4n) is 1.67. The third-order valence-corrected chi connectivity index (χ3v) is 3.46. The van der Waals surface area contributed by atoms with Gasteiger partial charge in [0.2, 0.25) is 0 Å². The van der Waals surface area contributed by atoms with Gasteiger partial charge in [-0.05, 0) is 58.7 Å². The van der Waals surface area contributed by atoms with Crippen LogP contribution in [0.15, 0.2) is 34.8 Å². The molecule has 104 valence electrons. The molecule has 0 saturated heterocycles. The molecule has 0 atom stereocenters. The Hall–Kier alpha value is -2.08. The fraction of sp³-hybridized carbons (Fsp3) is 0.0714. The van der Waals surface area contributed by atoms with Crippen LogP contribution in [0.2, 0.25) is 0 Å². The summed E-state index contributed by atoms with van der Waals surface area (Å²) in [6.45, 7) is 1.84. The van der Waals surface area contributed by atoms with Gasteiger partial charge in [0.15, 0.2) is 0 Å². The van der Waals surface area contributed by atoms with Crippen molar-refractivity contribution in [2.75, 3.05) is 11.1 Å². The summed E-state index contributed by atoms with van der Waals surface area (Å²) in [5.74, 6) is -1.51. The van der Waals surface area contributed by atoms with Crippen LogP contribution in [0.3, 0.4) is 0 Å². The van der Waals surface area contributed by atoms with E-state index in [4.69, 9.17) is 5.73 Å². The van der Waals surface area contributed by atoms with Gasteiger partial charge in [0.25, 0.3) is 5.91 Å². The zero-order valence-corrected chi connectivity index (χ0v) is 12.2. The SMILES string of the molecule is Cc1cc(Br)c(NC(=O)c2cc(F)ccc2O)cc1N. The minimum absolute atomic E-state index is 0.143. The molecule has 4 nitrogen and oxygen atoms in total. The van der Waals surface area contributed by atoms with E-state index in [1.54, 1.807) is 12.1 Å². The number of halogens is 2. The number of phenols is 1. The van der Waals surface area contributed by atoms with Gasteiger partial charge in [0.1, 0.15) is 11.6 Å². The molecule has 0 aliphatic heterocycles. The van der Waals surface area contributed by atoms with Crippen LogP contribution in [-0.4, -0.2) is 11.0 Å². The number of benzene rings is 2. The Labute approximate surface area is 123 Å². The number of nitrogen functional groups attached to an aromatic ring is 1. The molecule has 2 aromatic carbocycles. The smallest absolute Gasteiger partial charge is 0.259 e. The predicted octanol–water partition coefficient (Wildman–Crippen LogP) is 3.44. The second kappa shape index (κ2) is 5.50. The van der Waals surface area contributed by atoms with Crippen LogP contribution >= 0.6 is 15.9 Å². The zero-order chi connectivity index (χ0) is 14.9. The quantitative estimate of drug-likeness (QED) is 0.734. The fourth-order valence-corrected chi connectivity index (χ4v) is 2.22. The molecule has 6 heteroatoms. The van der Waals surface area contributed by atoms with Gasteiger partial charge in [-0.1, -0.05) is 0 Å². The van der Waals surface area contributed by atoms with Gasteiger partial charge in [0.05, 0.1) is 11.3 Å². The van der Waals surface area contributed by atoms with E-state index in [0.717, 1.165) is 23.8 Å². The molecule has 2 rings (SSSR count). The molecule has 20 heavy (non-hydrogen) atoms. The van der Waals surface area contributed by atoms with Crippen molar-refractivity contribution in [2.24, 2.45) is 0 Å². The third-order valence-electron chi connectivity index (χ3n) is 2.81. The van der Waals surface area contributed by atoms with Crippen LogP contribution < -0.4 is 11.1 Å². The maximum absolute atomic E-state index is 13.1. The minimum Gasteiger partial charge on any atom is -0.507 e. The molecule has 0 fully saturated rings. The van der Waals surface area contributed by atoms with Crippen molar-refractivity contribution in [1.82, 2.24) is 0 Å². The van der Waals surface area contributed by atoms with Gasteiger partial charge in [-0.25, -0.2) is 4.39 Å². The Balaban J connectivity index is 2.32. The topological polar surface area (TPSA) is 75.3 Å². The number of hydrogen-bond donors (Lipinski definition) is 3. The third kappa shape index (κ3) is 2.91. The van der Waals surface area contributed by atoms with Crippen molar-refractivity contribution >= 4 is 33.2 Å². The molecule has 0 aliphatic carbocycles. The van der Waals surface area contributed by atoms with Crippen molar-refractivity contribution in [3.05, 3.63) is 51.7 Å². The van der Waals surface area contributed by atoms with Crippen molar-refractivity contribution in [3.63, 3.8) is 0 Å². The van der Waals surface area contributed by atoms with Crippen LogP contribution in [0.5, 0.6) is 5.75 Å². The van der Waals surface area contributed by atoms with Gasteiger partial charge < -0.3 is 16.2 Å². The Morgan fingerprint density at radius 1 is 1.35 bits per heavy atom. The lowest BCUT2D eigenvalue weighted by Crippen LogP contribution is -2.13. The molecule has 0 saturated carbocycles. The molecule has 4 N–H and O–H groups in total. The largest absolute Gasteiger partial charge is 0.507 e. The molecular weight excluding hydrogens is 327 g/mol. The normalized spacial score (nSPS) is 10.3. The highest BCUT2D eigenvalue weighted by atomic mass is 79.9. The van der Waals surface area contributed by atoms with Crippen LogP contribution in [0.4, 0.5) is 15.8 Å². The molecular formula is C14H12BrFN2O2. The summed E-state index contributed by atoms with van der Waals surface area (Å²) >= 11 is 3.31. The van der Waals surface area contributed by atoms with E-state index in [1.165, 1.54) is 0 Å². The van der Waals surface area contributed by atoms with Crippen LogP contribution in [0, 0.1) is 12.7 Å². The first-order valence-electron chi connectivity index (χ1n) is 5.74. The van der Waals surface area contributed by atoms with E-state index in [0.29, 0.717) is 15.8 Å². The monoisotopic (exact) mass is 338 g/mol. The van der Waals surface area contributed by atoms with E-state index in [9.17, 15) is 14.3 Å². The maximum atomic E-state index is 13.1. The Bertz CT molecular complexity index is 689. The number of phenolic OH excluding ortho intramolecular Hbond substituents is 1. The lowest BCUT2D eigenvalue weighted by atomic mass is 10.1. The second-order valence-electron chi connectivity index (χ2n) is 4.30. The van der Waals surface area contributed by atoms with Crippen LogP contribution in [0.25, 0.3) is 0 Å². The first kappa shape index (κ1) is 14.3. The van der Waals surface area contributed by atoms with E-state index in [-0.39, 0.29) is 11.3 Å². The maximum Gasteiger partial charge on any atom is 0.259 e. The second-order valence-corrected chi connectivity index (χ2v) is 5.16. The number of nitrogens with one attached hydrogen (secondary N) is 1. The first-order valence-corrected chi connectivity index (χ1v) is 6.53. The summed E-state index contributed by atoms with van der Waals surface area (Å²) in [4.78, 5) is 12.0. The molecule has 0 heterocycles. The Morgan fingerprint density at radius 2 is 2.05 bits per heavy atom. The summed E-state index contributed by atoms with van der Waals surface area (Å²) in [5.41, 5.74) is 7.46. The lowest BCUT2D eigenvalue weighted by Gasteiger charge is -2.11. The van der Waals surface area contributed by atoms with Crippen molar-refractivity contribution in [2.45, 2.75) is 6.92 Å². The number of carbonyl (C=O) groups is 1. The number of amides is 1. The summed E-state index contributed by atoms with van der Waals surface area (Å²) in [6, 6.07) is 6.52. The predicted molar refractivity (Wildman–Crippen MR) is 79.3 cm³/mol. The summed E-state index contributed by atoms with van der Waals surface area (Å²) < 4.78 is 13.8. The summed E-state index contributed by atoms with van der Waals surface area (Å²) in [7, 11) is 0. The first-order chi connectivity index (χ1) is 9.38. The molecule has 0 aliphatic rings. The van der Waals surface area contributed by atoms with Gasteiger partial charge >= 0.3 is 0 Å². The molecule has 0 spiro atoms. The molecule has 2 aromatic rings. The average Bonchev–Trinajstić information content (AvgIpc) is 2.38. The summed E-state index contributed by atoms with van der Waals surface area (Å²) in [6.07, 6.45) is 0. The highest BCUT2D eigenvalue weighted by Gasteiger charge is 2.14. The highest BCUT2D eigenvalue weighted by molar-refractivity contribution is 9.10. The Kier molecular flexibility index (Phi) is 3.94. The molecule has 0 radical (unpaired) electrons. The number of rotatable bonds is 2. The number of anilines is 2. The molecule has 0 aromatic heterocycles. The van der Waals surface area contributed by atoms with Gasteiger partial charge in [0, 0.05) is 10.2 Å². The average molecular weight is 339 g/mol. The molecule has 1 amide bonds. The van der Waals surface area contributed by atoms with Crippen molar-refractivity contribution in [3.8, 4) is 5.75 Å². The minimum atomic E-state index is -0.619. The number of carbonyl (C=O) groups excluding carboxylic acids is 1. The zero-order valence-electron chi connectivity index (χ0n) is 10.6. The van der Waals surface area contributed by atoms with Gasteiger partial charge in [-0.15, -0.1) is 0 Å². The Morgan fingerprint density at radius 3 is 2.75 bits per heavy atom. The number of nitrogens with two attached hydrogens (primary N) is 1. The van der Waals surface area contributed by atoms with E-state index < -0.39 is 11.7 Å². The summed E-state index contributed by atoms with van der Waals surface area (Å²) in [5, 5.41) is 12.2. The van der Waals surface area contributed by atoms with Crippen molar-refractivity contribution < 1.29 is 14.3 Å². The van der Waals surface area contributed by atoms with E-state index >= 15 is 0 Å². The van der Waals surface area contributed by atoms with Gasteiger partial charge in [-0.2, -0.15) is 0 Å². The van der Waals surface area contributed by atoms with E-state index in [1.807, 2.05) is 6.92 Å². The number of aromatic hydroxyl groups is 1.